The van der Waals surface area contributed by atoms with Gasteiger partial charge in [-0.1, -0.05) is 176 Å². The summed E-state index contributed by atoms with van der Waals surface area (Å²) in [6, 6.07) is 75.7. The van der Waals surface area contributed by atoms with Crippen LogP contribution in [0.1, 0.15) is 0 Å². The highest BCUT2D eigenvalue weighted by Crippen LogP contribution is 2.50. The lowest BCUT2D eigenvalue weighted by atomic mass is 9.84. The molecule has 2 heterocycles. The topological polar surface area (TPSA) is 13.1 Å². The highest BCUT2D eigenvalue weighted by atomic mass is 32.1. The summed E-state index contributed by atoms with van der Waals surface area (Å²) in [5.74, 6) is 0. The Hall–Kier alpha value is -7.52. The molecule has 0 fully saturated rings. The minimum Gasteiger partial charge on any atom is -0.456 e. The lowest BCUT2D eigenvalue weighted by Crippen LogP contribution is -1.91. The molecule has 0 aliphatic rings. The van der Waals surface area contributed by atoms with Gasteiger partial charge in [0.25, 0.3) is 0 Å². The van der Waals surface area contributed by atoms with E-state index in [0.717, 1.165) is 21.9 Å². The third-order valence-electron chi connectivity index (χ3n) is 12.6. The van der Waals surface area contributed by atoms with E-state index in [1.54, 1.807) is 0 Å². The second-order valence-corrected chi connectivity index (χ2v) is 16.9. The van der Waals surface area contributed by atoms with Gasteiger partial charge in [0.05, 0.1) is 0 Å². The summed E-state index contributed by atoms with van der Waals surface area (Å²) in [5.41, 5.74) is 11.9. The van der Waals surface area contributed by atoms with Crippen LogP contribution in [-0.4, -0.2) is 0 Å². The number of benzene rings is 11. The molecule has 0 bridgehead atoms. The maximum atomic E-state index is 6.24. The van der Waals surface area contributed by atoms with Crippen LogP contribution in [0.25, 0.3) is 130 Å². The van der Waals surface area contributed by atoms with Gasteiger partial charge in [0, 0.05) is 30.9 Å². The van der Waals surface area contributed by atoms with Gasteiger partial charge in [-0.05, 0) is 118 Å². The summed E-state index contributed by atoms with van der Waals surface area (Å²) in [7, 11) is 0. The van der Waals surface area contributed by atoms with Crippen molar-refractivity contribution in [2.24, 2.45) is 0 Å². The summed E-state index contributed by atoms with van der Waals surface area (Å²) >= 11 is 1.89. The van der Waals surface area contributed by atoms with Crippen molar-refractivity contribution in [3.8, 4) is 44.5 Å². The molecule has 0 saturated heterocycles. The minimum absolute atomic E-state index is 0.913. The molecule has 0 aliphatic heterocycles. The van der Waals surface area contributed by atoms with Gasteiger partial charge in [-0.15, -0.1) is 11.3 Å². The lowest BCUT2D eigenvalue weighted by Gasteiger charge is -2.18. The van der Waals surface area contributed by atoms with Crippen molar-refractivity contribution in [3.05, 3.63) is 206 Å². The van der Waals surface area contributed by atoms with Gasteiger partial charge in [-0.2, -0.15) is 0 Å². The Morgan fingerprint density at radius 3 is 1.33 bits per heavy atom. The highest BCUT2D eigenvalue weighted by Gasteiger charge is 2.22. The molecule has 0 radical (unpaired) electrons. The largest absolute Gasteiger partial charge is 0.456 e. The van der Waals surface area contributed by atoms with Crippen LogP contribution in [0.5, 0.6) is 0 Å². The van der Waals surface area contributed by atoms with Crippen LogP contribution >= 0.6 is 11.3 Å². The van der Waals surface area contributed by atoms with Gasteiger partial charge in [-0.25, -0.2) is 0 Å². The number of hydrogen-bond donors (Lipinski definition) is 0. The molecule has 11 aromatic carbocycles. The van der Waals surface area contributed by atoms with E-state index in [-0.39, 0.29) is 0 Å². The zero-order valence-corrected chi connectivity index (χ0v) is 33.3. The molecule has 278 valence electrons. The average Bonchev–Trinajstić information content (AvgIpc) is 3.88. The quantitative estimate of drug-likeness (QED) is 0.162. The SMILES string of the molecule is c1ccc(-c2c3ccccc3c(-c3cccc4sc5cc(-c6c7ccccc7c(-c7ccc8oc9ccccc9c8c7)c7ccccc67)ccc5c34)c3ccccc23)cc1. The molecule has 60 heavy (non-hydrogen) atoms. The first-order valence-corrected chi connectivity index (χ1v) is 21.4. The van der Waals surface area contributed by atoms with Crippen LogP contribution in [0.4, 0.5) is 0 Å². The molecule has 13 aromatic rings. The zero-order valence-electron chi connectivity index (χ0n) is 32.4. The van der Waals surface area contributed by atoms with E-state index in [2.05, 4.69) is 200 Å². The number of thiophene rings is 1. The second-order valence-electron chi connectivity index (χ2n) is 15.8. The smallest absolute Gasteiger partial charge is 0.135 e. The van der Waals surface area contributed by atoms with E-state index in [0.29, 0.717) is 0 Å². The van der Waals surface area contributed by atoms with Gasteiger partial charge >= 0.3 is 0 Å². The van der Waals surface area contributed by atoms with Crippen molar-refractivity contribution in [1.29, 1.82) is 0 Å². The van der Waals surface area contributed by atoms with Crippen LogP contribution in [0, 0.1) is 0 Å². The molecule has 2 heteroatoms. The Balaban J connectivity index is 1.04. The monoisotopic (exact) mass is 778 g/mol. The fourth-order valence-electron chi connectivity index (χ4n) is 10.2. The van der Waals surface area contributed by atoms with Crippen LogP contribution in [-0.2, 0) is 0 Å². The first-order valence-electron chi connectivity index (χ1n) is 20.6. The highest BCUT2D eigenvalue weighted by molar-refractivity contribution is 7.26. The predicted octanol–water partition coefficient (Wildman–Crippen LogP) is 17.2. The summed E-state index contributed by atoms with van der Waals surface area (Å²) in [5, 5.41) is 15.0. The molecule has 0 spiro atoms. The van der Waals surface area contributed by atoms with Gasteiger partial charge in [0.1, 0.15) is 11.2 Å². The van der Waals surface area contributed by atoms with Crippen LogP contribution in [0.3, 0.4) is 0 Å². The lowest BCUT2D eigenvalue weighted by molar-refractivity contribution is 0.669. The fraction of sp³-hybridized carbons (Fsp3) is 0. The Morgan fingerprint density at radius 2 is 0.733 bits per heavy atom. The van der Waals surface area contributed by atoms with E-state index in [4.69, 9.17) is 4.42 Å². The van der Waals surface area contributed by atoms with Gasteiger partial charge in [0.15, 0.2) is 0 Å². The summed E-state index contributed by atoms with van der Waals surface area (Å²) < 4.78 is 8.83. The van der Waals surface area contributed by atoms with E-state index < -0.39 is 0 Å². The normalized spacial score (nSPS) is 12.0. The molecule has 0 unspecified atom stereocenters. The minimum atomic E-state index is 0.913. The molecule has 0 amide bonds. The van der Waals surface area contributed by atoms with E-state index in [9.17, 15) is 0 Å². The van der Waals surface area contributed by atoms with Crippen LogP contribution in [0.2, 0.25) is 0 Å². The molecular weight excluding hydrogens is 745 g/mol. The molecule has 0 aliphatic carbocycles. The zero-order chi connectivity index (χ0) is 39.3. The van der Waals surface area contributed by atoms with Gasteiger partial charge in [0.2, 0.25) is 0 Å². The van der Waals surface area contributed by atoms with Crippen molar-refractivity contribution < 1.29 is 4.42 Å². The maximum Gasteiger partial charge on any atom is 0.135 e. The van der Waals surface area contributed by atoms with Crippen molar-refractivity contribution in [2.45, 2.75) is 0 Å². The Labute approximate surface area is 350 Å². The molecule has 1 nitrogen and oxygen atoms in total. The average molecular weight is 779 g/mol. The molecule has 0 atom stereocenters. The standard InChI is InChI=1S/C58H34OS/c1-2-15-35(16-3-1)54-43-22-8-10-24-45(43)57(46-25-11-9-23-44(46)54)48-26-14-28-52-58(48)47-31-29-37(34-53(47)60-52)56-41-20-6-4-18-39(41)55(40-19-5-7-21-42(40)56)36-30-32-51-49(33-36)38-17-12-13-27-50(38)59-51/h1-34H. The first kappa shape index (κ1) is 33.5. The third-order valence-corrected chi connectivity index (χ3v) is 13.8. The van der Waals surface area contributed by atoms with Crippen molar-refractivity contribution in [2.75, 3.05) is 0 Å². The van der Waals surface area contributed by atoms with Crippen LogP contribution in [0.15, 0.2) is 211 Å². The number of para-hydroxylation sites is 1. The predicted molar refractivity (Wildman–Crippen MR) is 258 cm³/mol. The summed E-state index contributed by atoms with van der Waals surface area (Å²) in [6.45, 7) is 0. The summed E-state index contributed by atoms with van der Waals surface area (Å²) in [6.07, 6.45) is 0. The third kappa shape index (κ3) is 4.86. The van der Waals surface area contributed by atoms with Crippen LogP contribution < -0.4 is 0 Å². The van der Waals surface area contributed by atoms with Gasteiger partial charge in [-0.3, -0.25) is 0 Å². The first-order chi connectivity index (χ1) is 29.8. The number of furan rings is 1. The number of hydrogen-bond acceptors (Lipinski definition) is 2. The molecule has 2 aromatic heterocycles. The summed E-state index contributed by atoms with van der Waals surface area (Å²) in [4.78, 5) is 0. The van der Waals surface area contributed by atoms with E-state index >= 15 is 0 Å². The Kier molecular flexibility index (Phi) is 7.24. The second kappa shape index (κ2) is 13.0. The van der Waals surface area contributed by atoms with Crippen molar-refractivity contribution in [3.63, 3.8) is 0 Å². The molecular formula is C58H34OS. The number of fused-ring (bicyclic) bond motifs is 10. The molecule has 0 saturated carbocycles. The molecule has 13 rings (SSSR count). The van der Waals surface area contributed by atoms with Crippen molar-refractivity contribution >= 4 is 96.5 Å². The van der Waals surface area contributed by atoms with E-state index in [1.807, 2.05) is 17.4 Å². The maximum absolute atomic E-state index is 6.24. The Morgan fingerprint density at radius 1 is 0.267 bits per heavy atom. The number of rotatable bonds is 4. The van der Waals surface area contributed by atoms with Gasteiger partial charge < -0.3 is 4.42 Å². The fourth-order valence-corrected chi connectivity index (χ4v) is 11.3. The van der Waals surface area contributed by atoms with E-state index in [1.165, 1.54) is 108 Å². The van der Waals surface area contributed by atoms with Crippen molar-refractivity contribution in [1.82, 2.24) is 0 Å². The Bertz CT molecular complexity index is 3770. The molecule has 0 N–H and O–H groups in total.